The zero-order valence-corrected chi connectivity index (χ0v) is 11.3. The van der Waals surface area contributed by atoms with Crippen molar-refractivity contribution in [1.82, 2.24) is 0 Å². The van der Waals surface area contributed by atoms with Gasteiger partial charge in [0.2, 0.25) is 0 Å². The second-order valence-electron chi connectivity index (χ2n) is 4.71. The van der Waals surface area contributed by atoms with Gasteiger partial charge in [-0.05, 0) is 12.3 Å². The average Bonchev–Trinajstić information content (AvgIpc) is 2.30. The molecule has 1 unspecified atom stereocenters. The Hall–Kier alpha value is -0.530. The van der Waals surface area contributed by atoms with E-state index in [0.717, 1.165) is 12.8 Å². The fourth-order valence-electron chi connectivity index (χ4n) is 1.47. The summed E-state index contributed by atoms with van der Waals surface area (Å²) in [4.78, 5) is 11.3. The lowest BCUT2D eigenvalue weighted by atomic mass is 10.1. The third kappa shape index (κ3) is 10.0. The van der Waals surface area contributed by atoms with Gasteiger partial charge in [0.15, 0.2) is 0 Å². The van der Waals surface area contributed by atoms with Crippen LogP contribution < -0.4 is 0 Å². The molecule has 0 aromatic rings. The van der Waals surface area contributed by atoms with E-state index < -0.39 is 0 Å². The predicted molar refractivity (Wildman–Crippen MR) is 68.4 cm³/mol. The Kier molecular flexibility index (Phi) is 10.6. The Morgan fingerprint density at radius 1 is 1.06 bits per heavy atom. The molecule has 16 heavy (non-hydrogen) atoms. The second kappa shape index (κ2) is 11.0. The SMILES string of the molecule is CCCCCCCCC(=O)OCC(C)CC. The van der Waals surface area contributed by atoms with Crippen LogP contribution in [-0.2, 0) is 9.53 Å². The molecule has 0 fully saturated rings. The summed E-state index contributed by atoms with van der Waals surface area (Å²) in [6, 6.07) is 0. The maximum absolute atomic E-state index is 11.3. The molecule has 2 nitrogen and oxygen atoms in total. The van der Waals surface area contributed by atoms with Gasteiger partial charge in [-0.3, -0.25) is 4.79 Å². The van der Waals surface area contributed by atoms with Crippen molar-refractivity contribution in [2.24, 2.45) is 5.92 Å². The van der Waals surface area contributed by atoms with Crippen LogP contribution in [0.3, 0.4) is 0 Å². The molecular formula is C14H28O2. The van der Waals surface area contributed by atoms with Crippen LogP contribution in [0.4, 0.5) is 0 Å². The summed E-state index contributed by atoms with van der Waals surface area (Å²) in [6.07, 6.45) is 8.98. The lowest BCUT2D eigenvalue weighted by Crippen LogP contribution is -2.11. The monoisotopic (exact) mass is 228 g/mol. The first-order chi connectivity index (χ1) is 7.70. The summed E-state index contributed by atoms with van der Waals surface area (Å²) in [7, 11) is 0. The molecule has 0 amide bonds. The summed E-state index contributed by atoms with van der Waals surface area (Å²) < 4.78 is 5.18. The van der Waals surface area contributed by atoms with Crippen molar-refractivity contribution in [3.8, 4) is 0 Å². The maximum Gasteiger partial charge on any atom is 0.305 e. The van der Waals surface area contributed by atoms with E-state index in [2.05, 4.69) is 20.8 Å². The largest absolute Gasteiger partial charge is 0.465 e. The van der Waals surface area contributed by atoms with Crippen LogP contribution in [0.15, 0.2) is 0 Å². The van der Waals surface area contributed by atoms with Crippen molar-refractivity contribution in [1.29, 1.82) is 0 Å². The zero-order chi connectivity index (χ0) is 12.2. The lowest BCUT2D eigenvalue weighted by molar-refractivity contribution is -0.145. The number of rotatable bonds is 10. The molecule has 0 N–H and O–H groups in total. The average molecular weight is 228 g/mol. The van der Waals surface area contributed by atoms with Gasteiger partial charge in [0, 0.05) is 6.42 Å². The van der Waals surface area contributed by atoms with Gasteiger partial charge in [-0.15, -0.1) is 0 Å². The molecule has 0 spiro atoms. The molecule has 0 aromatic heterocycles. The van der Waals surface area contributed by atoms with Crippen LogP contribution in [0, 0.1) is 5.92 Å². The fraction of sp³-hybridized carbons (Fsp3) is 0.929. The van der Waals surface area contributed by atoms with Crippen LogP contribution in [-0.4, -0.2) is 12.6 Å². The van der Waals surface area contributed by atoms with Crippen LogP contribution >= 0.6 is 0 Å². The first-order valence-corrected chi connectivity index (χ1v) is 6.86. The van der Waals surface area contributed by atoms with Crippen molar-refractivity contribution < 1.29 is 9.53 Å². The van der Waals surface area contributed by atoms with Crippen LogP contribution in [0.1, 0.15) is 72.1 Å². The van der Waals surface area contributed by atoms with Gasteiger partial charge >= 0.3 is 5.97 Å². The highest BCUT2D eigenvalue weighted by atomic mass is 16.5. The topological polar surface area (TPSA) is 26.3 Å². The minimum Gasteiger partial charge on any atom is -0.465 e. The Labute approximate surface area is 101 Å². The zero-order valence-electron chi connectivity index (χ0n) is 11.3. The quantitative estimate of drug-likeness (QED) is 0.411. The van der Waals surface area contributed by atoms with Crippen molar-refractivity contribution in [3.05, 3.63) is 0 Å². The molecule has 0 aliphatic carbocycles. The van der Waals surface area contributed by atoms with E-state index in [0.29, 0.717) is 18.9 Å². The van der Waals surface area contributed by atoms with Gasteiger partial charge in [0.05, 0.1) is 6.61 Å². The highest BCUT2D eigenvalue weighted by Crippen LogP contribution is 2.08. The normalized spacial score (nSPS) is 12.4. The van der Waals surface area contributed by atoms with E-state index in [1.54, 1.807) is 0 Å². The summed E-state index contributed by atoms with van der Waals surface area (Å²) in [5.41, 5.74) is 0. The lowest BCUT2D eigenvalue weighted by Gasteiger charge is -2.09. The Balaban J connectivity index is 3.24. The smallest absolute Gasteiger partial charge is 0.305 e. The molecule has 1 atom stereocenters. The number of carbonyl (C=O) groups is 1. The van der Waals surface area contributed by atoms with Gasteiger partial charge in [-0.1, -0.05) is 59.3 Å². The van der Waals surface area contributed by atoms with Gasteiger partial charge in [0.25, 0.3) is 0 Å². The first-order valence-electron chi connectivity index (χ1n) is 6.86. The summed E-state index contributed by atoms with van der Waals surface area (Å²) in [5.74, 6) is 0.476. The Morgan fingerprint density at radius 2 is 1.69 bits per heavy atom. The van der Waals surface area contributed by atoms with Gasteiger partial charge in [0.1, 0.15) is 0 Å². The predicted octanol–water partition coefficient (Wildman–Crippen LogP) is 4.33. The van der Waals surface area contributed by atoms with Crippen molar-refractivity contribution in [2.45, 2.75) is 72.1 Å². The number of ether oxygens (including phenoxy) is 1. The molecule has 0 aliphatic rings. The van der Waals surface area contributed by atoms with Crippen LogP contribution in [0.5, 0.6) is 0 Å². The molecule has 0 radical (unpaired) electrons. The number of hydrogen-bond acceptors (Lipinski definition) is 2. The molecule has 0 aliphatic heterocycles. The standard InChI is InChI=1S/C14H28O2/c1-4-6-7-8-9-10-11-14(15)16-12-13(3)5-2/h13H,4-12H2,1-3H3. The Bertz CT molecular complexity index is 166. The third-order valence-electron chi connectivity index (χ3n) is 2.96. The Morgan fingerprint density at radius 3 is 2.31 bits per heavy atom. The van der Waals surface area contributed by atoms with E-state index >= 15 is 0 Å². The molecule has 0 heterocycles. The molecule has 0 saturated heterocycles. The number of esters is 1. The van der Waals surface area contributed by atoms with E-state index in [1.807, 2.05) is 0 Å². The summed E-state index contributed by atoms with van der Waals surface area (Å²) in [6.45, 7) is 7.03. The molecule has 0 saturated carbocycles. The van der Waals surface area contributed by atoms with Crippen LogP contribution in [0.25, 0.3) is 0 Å². The number of hydrogen-bond donors (Lipinski definition) is 0. The van der Waals surface area contributed by atoms with Crippen LogP contribution in [0.2, 0.25) is 0 Å². The fourth-order valence-corrected chi connectivity index (χ4v) is 1.47. The van der Waals surface area contributed by atoms with E-state index in [4.69, 9.17) is 4.74 Å². The van der Waals surface area contributed by atoms with Crippen molar-refractivity contribution >= 4 is 5.97 Å². The van der Waals surface area contributed by atoms with Crippen molar-refractivity contribution in [3.63, 3.8) is 0 Å². The van der Waals surface area contributed by atoms with Crippen molar-refractivity contribution in [2.75, 3.05) is 6.61 Å². The molecule has 0 aromatic carbocycles. The van der Waals surface area contributed by atoms with Gasteiger partial charge < -0.3 is 4.74 Å². The van der Waals surface area contributed by atoms with E-state index in [1.165, 1.54) is 32.1 Å². The second-order valence-corrected chi connectivity index (χ2v) is 4.71. The summed E-state index contributed by atoms with van der Waals surface area (Å²) >= 11 is 0. The molecule has 2 heteroatoms. The highest BCUT2D eigenvalue weighted by molar-refractivity contribution is 5.69. The van der Waals surface area contributed by atoms with Gasteiger partial charge in [-0.25, -0.2) is 0 Å². The van der Waals surface area contributed by atoms with Gasteiger partial charge in [-0.2, -0.15) is 0 Å². The molecule has 96 valence electrons. The van der Waals surface area contributed by atoms with E-state index in [-0.39, 0.29) is 5.97 Å². The molecular weight excluding hydrogens is 200 g/mol. The summed E-state index contributed by atoms with van der Waals surface area (Å²) in [5, 5.41) is 0. The number of carbonyl (C=O) groups excluding carboxylic acids is 1. The molecule has 0 bridgehead atoms. The van der Waals surface area contributed by atoms with E-state index in [9.17, 15) is 4.79 Å². The minimum atomic E-state index is -0.0178. The maximum atomic E-state index is 11.3. The highest BCUT2D eigenvalue weighted by Gasteiger charge is 2.05. The first kappa shape index (κ1) is 15.5. The third-order valence-corrected chi connectivity index (χ3v) is 2.96. The molecule has 0 rings (SSSR count). The number of unbranched alkanes of at least 4 members (excludes halogenated alkanes) is 5. The minimum absolute atomic E-state index is 0.0178.